The van der Waals surface area contributed by atoms with E-state index in [4.69, 9.17) is 5.73 Å². The maximum Gasteiger partial charge on any atom is 0.222 e. The van der Waals surface area contributed by atoms with Gasteiger partial charge in [0.15, 0.2) is 0 Å². The van der Waals surface area contributed by atoms with Crippen LogP contribution in [0.25, 0.3) is 0 Å². The Balaban J connectivity index is 1.85. The monoisotopic (exact) mass is 293 g/mol. The Morgan fingerprint density at radius 1 is 1.43 bits per heavy atom. The first-order chi connectivity index (χ1) is 9.94. The van der Waals surface area contributed by atoms with Gasteiger partial charge in [-0.2, -0.15) is 4.98 Å². The van der Waals surface area contributed by atoms with E-state index in [-0.39, 0.29) is 6.10 Å². The predicted octanol–water partition coefficient (Wildman–Crippen LogP) is 0.896. The fraction of sp³-hybridized carbons (Fsp3) is 0.733. The summed E-state index contributed by atoms with van der Waals surface area (Å²) in [5.41, 5.74) is 6.61. The highest BCUT2D eigenvalue weighted by Crippen LogP contribution is 2.21. The molecule has 1 aromatic rings. The molecular weight excluding hydrogens is 266 g/mol. The van der Waals surface area contributed by atoms with Crippen LogP contribution in [-0.2, 0) is 0 Å². The number of hydrogen-bond donors (Lipinski definition) is 2. The fourth-order valence-corrected chi connectivity index (χ4v) is 2.98. The van der Waals surface area contributed by atoms with Gasteiger partial charge in [0, 0.05) is 31.9 Å². The Hall–Kier alpha value is -1.40. The number of aliphatic hydroxyl groups is 1. The number of anilines is 2. The second-order valence-corrected chi connectivity index (χ2v) is 6.20. The molecule has 0 saturated carbocycles. The molecule has 118 valence electrons. The van der Waals surface area contributed by atoms with Crippen LogP contribution in [0.1, 0.15) is 25.5 Å². The predicted molar refractivity (Wildman–Crippen MR) is 85.3 cm³/mol. The van der Waals surface area contributed by atoms with Gasteiger partial charge in [0.1, 0.15) is 5.82 Å². The molecule has 2 heterocycles. The van der Waals surface area contributed by atoms with Crippen molar-refractivity contribution in [3.8, 4) is 0 Å². The topological polar surface area (TPSA) is 78.5 Å². The van der Waals surface area contributed by atoms with Crippen molar-refractivity contribution in [3.63, 3.8) is 0 Å². The van der Waals surface area contributed by atoms with Gasteiger partial charge in [-0.05, 0) is 45.7 Å². The molecule has 3 N–H and O–H groups in total. The lowest BCUT2D eigenvalue weighted by molar-refractivity contribution is 0.101. The lowest BCUT2D eigenvalue weighted by Gasteiger charge is -2.34. The summed E-state index contributed by atoms with van der Waals surface area (Å²) in [7, 11) is 2.06. The van der Waals surface area contributed by atoms with Crippen molar-refractivity contribution in [2.24, 2.45) is 5.92 Å². The number of nitrogen functional groups attached to an aromatic ring is 1. The minimum atomic E-state index is -0.240. The Morgan fingerprint density at radius 2 is 2.10 bits per heavy atom. The standard InChI is InChI=1S/C15H27N5O/c1-11-8-14(18-15(16)17-11)19(3)10-13-4-6-20(7-5-13)9-12(2)21/h8,12-13,21H,4-7,9-10H2,1-3H3,(H2,16,17,18). The lowest BCUT2D eigenvalue weighted by Crippen LogP contribution is -2.40. The molecule has 21 heavy (non-hydrogen) atoms. The smallest absolute Gasteiger partial charge is 0.222 e. The number of nitrogens with two attached hydrogens (primary N) is 1. The van der Waals surface area contributed by atoms with Crippen LogP contribution in [0.5, 0.6) is 0 Å². The first kappa shape index (κ1) is 16.0. The van der Waals surface area contributed by atoms with E-state index in [0.29, 0.717) is 11.9 Å². The first-order valence-electron chi connectivity index (χ1n) is 7.66. The maximum atomic E-state index is 9.44. The van der Waals surface area contributed by atoms with Crippen molar-refractivity contribution in [1.82, 2.24) is 14.9 Å². The van der Waals surface area contributed by atoms with Crippen molar-refractivity contribution < 1.29 is 5.11 Å². The average molecular weight is 293 g/mol. The first-order valence-corrected chi connectivity index (χ1v) is 7.66. The maximum absolute atomic E-state index is 9.44. The summed E-state index contributed by atoms with van der Waals surface area (Å²) in [5.74, 6) is 1.90. The van der Waals surface area contributed by atoms with E-state index in [0.717, 1.165) is 50.5 Å². The minimum Gasteiger partial charge on any atom is -0.392 e. The number of rotatable bonds is 5. The van der Waals surface area contributed by atoms with E-state index in [1.807, 2.05) is 19.9 Å². The minimum absolute atomic E-state index is 0.240. The van der Waals surface area contributed by atoms with Gasteiger partial charge in [-0.3, -0.25) is 0 Å². The number of β-amino-alcohol motifs (C(OH)–C–C–N with tert-alkyl or cyclic N) is 1. The molecule has 0 radical (unpaired) electrons. The normalized spacial score (nSPS) is 18.7. The van der Waals surface area contributed by atoms with Crippen molar-refractivity contribution in [1.29, 1.82) is 0 Å². The van der Waals surface area contributed by atoms with E-state index in [2.05, 4.69) is 26.8 Å². The molecule has 0 spiro atoms. The molecule has 6 heteroatoms. The molecule has 1 fully saturated rings. The molecule has 1 saturated heterocycles. The Kier molecular flexibility index (Phi) is 5.36. The molecule has 1 unspecified atom stereocenters. The third-order valence-corrected chi connectivity index (χ3v) is 4.01. The summed E-state index contributed by atoms with van der Waals surface area (Å²) in [6.45, 7) is 7.68. The van der Waals surface area contributed by atoms with Crippen LogP contribution in [-0.4, -0.2) is 59.3 Å². The third kappa shape index (κ3) is 4.82. The molecule has 0 aromatic carbocycles. The lowest BCUT2D eigenvalue weighted by atomic mass is 9.96. The van der Waals surface area contributed by atoms with Crippen LogP contribution in [0.4, 0.5) is 11.8 Å². The number of aromatic nitrogens is 2. The van der Waals surface area contributed by atoms with Gasteiger partial charge >= 0.3 is 0 Å². The molecule has 1 atom stereocenters. The molecule has 0 bridgehead atoms. The number of hydrogen-bond acceptors (Lipinski definition) is 6. The summed E-state index contributed by atoms with van der Waals surface area (Å²) in [5, 5.41) is 9.44. The van der Waals surface area contributed by atoms with E-state index in [9.17, 15) is 5.11 Å². The summed E-state index contributed by atoms with van der Waals surface area (Å²) in [4.78, 5) is 12.9. The van der Waals surface area contributed by atoms with Crippen molar-refractivity contribution in [2.45, 2.75) is 32.8 Å². The van der Waals surface area contributed by atoms with Crippen molar-refractivity contribution >= 4 is 11.8 Å². The van der Waals surface area contributed by atoms with Crippen molar-refractivity contribution in [3.05, 3.63) is 11.8 Å². The quantitative estimate of drug-likeness (QED) is 0.839. The van der Waals surface area contributed by atoms with E-state index in [1.54, 1.807) is 0 Å². The van der Waals surface area contributed by atoms with Crippen LogP contribution in [0.3, 0.4) is 0 Å². The van der Waals surface area contributed by atoms with Crippen LogP contribution >= 0.6 is 0 Å². The molecule has 2 rings (SSSR count). The van der Waals surface area contributed by atoms with E-state index >= 15 is 0 Å². The highest BCUT2D eigenvalue weighted by Gasteiger charge is 2.21. The van der Waals surface area contributed by atoms with Crippen LogP contribution in [0, 0.1) is 12.8 Å². The van der Waals surface area contributed by atoms with Gasteiger partial charge < -0.3 is 20.6 Å². The molecule has 0 aliphatic carbocycles. The molecule has 6 nitrogen and oxygen atoms in total. The zero-order valence-corrected chi connectivity index (χ0v) is 13.3. The van der Waals surface area contributed by atoms with Gasteiger partial charge in [-0.15, -0.1) is 0 Å². The number of nitrogens with zero attached hydrogens (tertiary/aromatic N) is 4. The van der Waals surface area contributed by atoms with Crippen LogP contribution < -0.4 is 10.6 Å². The fourth-order valence-electron chi connectivity index (χ4n) is 2.98. The summed E-state index contributed by atoms with van der Waals surface area (Å²) >= 11 is 0. The second kappa shape index (κ2) is 7.04. The Morgan fingerprint density at radius 3 is 2.67 bits per heavy atom. The Bertz CT molecular complexity index is 437. The number of piperidine rings is 1. The summed E-state index contributed by atoms with van der Waals surface area (Å²) in [6.07, 6.45) is 2.09. The van der Waals surface area contributed by atoms with Crippen LogP contribution in [0.15, 0.2) is 6.07 Å². The van der Waals surface area contributed by atoms with Gasteiger partial charge in [-0.1, -0.05) is 0 Å². The van der Waals surface area contributed by atoms with Gasteiger partial charge in [-0.25, -0.2) is 4.98 Å². The largest absolute Gasteiger partial charge is 0.392 e. The molecule has 0 amide bonds. The number of aliphatic hydroxyl groups excluding tert-OH is 1. The van der Waals surface area contributed by atoms with E-state index < -0.39 is 0 Å². The SMILES string of the molecule is Cc1cc(N(C)CC2CCN(CC(C)O)CC2)nc(N)n1. The van der Waals surface area contributed by atoms with Crippen molar-refractivity contribution in [2.75, 3.05) is 43.9 Å². The van der Waals surface area contributed by atoms with Crippen LogP contribution in [0.2, 0.25) is 0 Å². The summed E-state index contributed by atoms with van der Waals surface area (Å²) in [6, 6.07) is 1.97. The highest BCUT2D eigenvalue weighted by molar-refractivity contribution is 5.42. The zero-order chi connectivity index (χ0) is 15.4. The molecular formula is C15H27N5O. The van der Waals surface area contributed by atoms with E-state index in [1.165, 1.54) is 0 Å². The molecule has 1 aromatic heterocycles. The van der Waals surface area contributed by atoms with Gasteiger partial charge in [0.2, 0.25) is 5.95 Å². The highest BCUT2D eigenvalue weighted by atomic mass is 16.3. The summed E-state index contributed by atoms with van der Waals surface area (Å²) < 4.78 is 0. The molecule has 1 aliphatic heterocycles. The molecule has 1 aliphatic rings. The number of aryl methyl sites for hydroxylation is 1. The zero-order valence-electron chi connectivity index (χ0n) is 13.3. The Labute approximate surface area is 127 Å². The second-order valence-electron chi connectivity index (χ2n) is 6.20. The third-order valence-electron chi connectivity index (χ3n) is 4.01. The number of likely N-dealkylation sites (tertiary alicyclic amines) is 1. The van der Waals surface area contributed by atoms with Gasteiger partial charge in [0.05, 0.1) is 6.10 Å². The van der Waals surface area contributed by atoms with Gasteiger partial charge in [0.25, 0.3) is 0 Å². The average Bonchev–Trinajstić information content (AvgIpc) is 2.39.